The lowest BCUT2D eigenvalue weighted by Gasteiger charge is -2.35. The highest BCUT2D eigenvalue weighted by atomic mass is 32.1. The summed E-state index contributed by atoms with van der Waals surface area (Å²) in [5, 5.41) is 9.56. The van der Waals surface area contributed by atoms with E-state index in [-0.39, 0.29) is 5.91 Å². The largest absolute Gasteiger partial charge is 0.403 e. The highest BCUT2D eigenvalue weighted by molar-refractivity contribution is 7.20. The lowest BCUT2D eigenvalue weighted by Crippen LogP contribution is -2.48. The third kappa shape index (κ3) is 5.49. The van der Waals surface area contributed by atoms with Crippen LogP contribution in [-0.4, -0.2) is 66.5 Å². The molecule has 0 aliphatic carbocycles. The van der Waals surface area contributed by atoms with E-state index in [0.717, 1.165) is 63.3 Å². The summed E-state index contributed by atoms with van der Waals surface area (Å²) in [4.78, 5) is 32.4. The number of piperazine rings is 1. The molecule has 0 spiro atoms. The molecule has 0 radical (unpaired) electrons. The van der Waals surface area contributed by atoms with Gasteiger partial charge >= 0.3 is 6.01 Å². The van der Waals surface area contributed by atoms with Gasteiger partial charge in [0, 0.05) is 62.3 Å². The Balaban J connectivity index is 1.20. The summed E-state index contributed by atoms with van der Waals surface area (Å²) in [7, 11) is 0. The van der Waals surface area contributed by atoms with E-state index in [4.69, 9.17) is 15.1 Å². The van der Waals surface area contributed by atoms with E-state index in [9.17, 15) is 4.79 Å². The molecule has 1 amide bonds. The van der Waals surface area contributed by atoms with E-state index >= 15 is 0 Å². The van der Waals surface area contributed by atoms with Crippen LogP contribution in [0.15, 0.2) is 108 Å². The quantitative estimate of drug-likeness (QED) is 0.209. The molecular formula is C35H30N10O2S. The van der Waals surface area contributed by atoms with Crippen LogP contribution in [0.25, 0.3) is 39.1 Å². The fraction of sp³-hybridized carbons (Fsp3) is 0.143. The third-order valence-corrected chi connectivity index (χ3v) is 9.18. The molecule has 3 aromatic carbocycles. The number of nitrogen functional groups attached to an aromatic ring is 1. The fourth-order valence-electron chi connectivity index (χ4n) is 6.00. The topological polar surface area (TPSA) is 135 Å². The highest BCUT2D eigenvalue weighted by Gasteiger charge is 2.24. The first-order chi connectivity index (χ1) is 23.5. The van der Waals surface area contributed by atoms with E-state index in [1.165, 1.54) is 17.7 Å². The summed E-state index contributed by atoms with van der Waals surface area (Å²) < 4.78 is 8.29. The lowest BCUT2D eigenvalue weighted by molar-refractivity contribution is -0.129. The van der Waals surface area contributed by atoms with Gasteiger partial charge in [0.05, 0.1) is 22.8 Å². The number of anilines is 5. The molecule has 2 N–H and O–H groups in total. The van der Waals surface area contributed by atoms with Crippen molar-refractivity contribution in [2.75, 3.05) is 41.7 Å². The van der Waals surface area contributed by atoms with Gasteiger partial charge < -0.3 is 20.0 Å². The van der Waals surface area contributed by atoms with Crippen LogP contribution >= 0.6 is 11.3 Å². The number of hydrogen-bond acceptors (Lipinski definition) is 11. The smallest absolute Gasteiger partial charge is 0.327 e. The van der Waals surface area contributed by atoms with Crippen LogP contribution < -0.4 is 15.5 Å². The maximum Gasteiger partial charge on any atom is 0.327 e. The molecule has 1 aliphatic rings. The summed E-state index contributed by atoms with van der Waals surface area (Å²) in [6.07, 6.45) is 5.11. The van der Waals surface area contributed by atoms with Gasteiger partial charge in [0.2, 0.25) is 11.8 Å². The van der Waals surface area contributed by atoms with Gasteiger partial charge in [-0.3, -0.25) is 14.1 Å². The SMILES string of the molecule is CC(=O)N1CCN(c2ccc(N(c3cccc(-c4nc5sc(N)cn5c4-c4ccncn4)c3)c3nnc(-c4ccccc4)o3)cc2)CC1. The zero-order chi connectivity index (χ0) is 32.6. The standard InChI is InChI=1S/C35H30N10O2S/c1-23(46)42-16-18-43(19-17-42)26-10-12-27(13-11-26)45(34-41-40-33(47-34)24-6-3-2-4-7-24)28-9-5-8-25(20-28)31-32(29-14-15-37-22-38-29)44-21-30(36)48-35(44)39-31/h2-15,20-22H,16-19,36H2,1H3. The average molecular weight is 655 g/mol. The van der Waals surface area contributed by atoms with Crippen LogP contribution in [0.5, 0.6) is 0 Å². The number of rotatable bonds is 7. The van der Waals surface area contributed by atoms with Crippen molar-refractivity contribution in [3.05, 3.63) is 104 Å². The van der Waals surface area contributed by atoms with Gasteiger partial charge in [-0.1, -0.05) is 46.8 Å². The van der Waals surface area contributed by atoms with E-state index in [1.807, 2.05) is 87.1 Å². The zero-order valence-electron chi connectivity index (χ0n) is 26.0. The Morgan fingerprint density at radius 2 is 1.69 bits per heavy atom. The number of fused-ring (bicyclic) bond motifs is 1. The molecule has 1 saturated heterocycles. The van der Waals surface area contributed by atoms with E-state index < -0.39 is 0 Å². The monoisotopic (exact) mass is 654 g/mol. The summed E-state index contributed by atoms with van der Waals surface area (Å²) in [6.45, 7) is 4.58. The molecule has 8 rings (SSSR count). The summed E-state index contributed by atoms with van der Waals surface area (Å²) in [5.74, 6) is 0.533. The Morgan fingerprint density at radius 1 is 0.896 bits per heavy atom. The van der Waals surface area contributed by atoms with Gasteiger partial charge in [-0.2, -0.15) is 0 Å². The number of hydrogen-bond donors (Lipinski definition) is 1. The Kier molecular flexibility index (Phi) is 7.49. The Bertz CT molecular complexity index is 2210. The molecule has 0 unspecified atom stereocenters. The zero-order valence-corrected chi connectivity index (χ0v) is 26.8. The van der Waals surface area contributed by atoms with Gasteiger partial charge in [-0.05, 0) is 54.6 Å². The summed E-state index contributed by atoms with van der Waals surface area (Å²) in [5.41, 5.74) is 12.9. The first kappa shape index (κ1) is 29.3. The van der Waals surface area contributed by atoms with Crippen molar-refractivity contribution >= 4 is 50.3 Å². The number of amides is 1. The van der Waals surface area contributed by atoms with E-state index in [2.05, 4.69) is 43.3 Å². The molecule has 1 aliphatic heterocycles. The van der Waals surface area contributed by atoms with Crippen molar-refractivity contribution in [2.45, 2.75) is 6.92 Å². The molecule has 7 aromatic rings. The van der Waals surface area contributed by atoms with Crippen LogP contribution in [0.2, 0.25) is 0 Å². The first-order valence-corrected chi connectivity index (χ1v) is 16.3. The van der Waals surface area contributed by atoms with Gasteiger partial charge in [-0.15, -0.1) is 5.10 Å². The van der Waals surface area contributed by atoms with Crippen LogP contribution in [0, 0.1) is 0 Å². The molecule has 5 heterocycles. The average Bonchev–Trinajstić information content (AvgIpc) is 3.85. The minimum Gasteiger partial charge on any atom is -0.403 e. The second-order valence-electron chi connectivity index (χ2n) is 11.3. The van der Waals surface area contributed by atoms with Crippen molar-refractivity contribution in [3.63, 3.8) is 0 Å². The van der Waals surface area contributed by atoms with Gasteiger partial charge in [0.1, 0.15) is 17.0 Å². The summed E-state index contributed by atoms with van der Waals surface area (Å²) in [6, 6.07) is 28.2. The number of nitrogens with zero attached hydrogens (tertiary/aromatic N) is 9. The first-order valence-electron chi connectivity index (χ1n) is 15.5. The molecule has 12 nitrogen and oxygen atoms in total. The molecular weight excluding hydrogens is 625 g/mol. The normalized spacial score (nSPS) is 13.3. The number of thiazole rings is 1. The fourth-order valence-corrected chi connectivity index (χ4v) is 6.75. The minimum atomic E-state index is 0.112. The third-order valence-electron chi connectivity index (χ3n) is 8.37. The molecule has 0 saturated carbocycles. The number of imidazole rings is 1. The maximum atomic E-state index is 11.8. The minimum absolute atomic E-state index is 0.112. The number of nitrogens with two attached hydrogens (primary N) is 1. The van der Waals surface area contributed by atoms with Gasteiger partial charge in [0.15, 0.2) is 4.96 Å². The molecule has 0 bridgehead atoms. The Labute approximate surface area is 279 Å². The molecule has 1 fully saturated rings. The van der Waals surface area contributed by atoms with Crippen LogP contribution in [0.3, 0.4) is 0 Å². The Hall–Kier alpha value is -6.08. The number of benzene rings is 3. The second kappa shape index (κ2) is 12.3. The van der Waals surface area contributed by atoms with Crippen LogP contribution in [0.1, 0.15) is 6.92 Å². The molecule has 4 aromatic heterocycles. The van der Waals surface area contributed by atoms with E-state index in [0.29, 0.717) is 30.0 Å². The highest BCUT2D eigenvalue weighted by Crippen LogP contribution is 2.40. The van der Waals surface area contributed by atoms with Crippen molar-refractivity contribution in [3.8, 4) is 34.1 Å². The molecule has 0 atom stereocenters. The number of carbonyl (C=O) groups excluding carboxylic acids is 1. The van der Waals surface area contributed by atoms with Crippen molar-refractivity contribution < 1.29 is 9.21 Å². The Morgan fingerprint density at radius 3 is 2.44 bits per heavy atom. The van der Waals surface area contributed by atoms with Crippen molar-refractivity contribution in [1.29, 1.82) is 0 Å². The predicted octanol–water partition coefficient (Wildman–Crippen LogP) is 6.29. The predicted molar refractivity (Wildman–Crippen MR) is 186 cm³/mol. The lowest BCUT2D eigenvalue weighted by atomic mass is 10.1. The molecule has 238 valence electrons. The van der Waals surface area contributed by atoms with Crippen LogP contribution in [0.4, 0.5) is 28.1 Å². The number of carbonyl (C=O) groups is 1. The van der Waals surface area contributed by atoms with Gasteiger partial charge in [0.25, 0.3) is 0 Å². The van der Waals surface area contributed by atoms with Gasteiger partial charge in [-0.25, -0.2) is 15.0 Å². The second-order valence-corrected chi connectivity index (χ2v) is 12.4. The molecule has 48 heavy (non-hydrogen) atoms. The number of aromatic nitrogens is 6. The molecule has 13 heteroatoms. The van der Waals surface area contributed by atoms with Crippen molar-refractivity contribution in [2.24, 2.45) is 0 Å². The van der Waals surface area contributed by atoms with Crippen molar-refractivity contribution in [1.82, 2.24) is 34.4 Å². The van der Waals surface area contributed by atoms with E-state index in [1.54, 1.807) is 13.1 Å². The van der Waals surface area contributed by atoms with Crippen LogP contribution in [-0.2, 0) is 4.79 Å². The maximum absolute atomic E-state index is 11.8. The summed E-state index contributed by atoms with van der Waals surface area (Å²) >= 11 is 1.42.